The fourth-order valence-electron chi connectivity index (χ4n) is 1.79. The SMILES string of the molecule is O=C1CC(O)CN1C1C=CS(=O)(=O)C1. The summed E-state index contributed by atoms with van der Waals surface area (Å²) in [5.41, 5.74) is 0. The first-order valence-corrected chi connectivity index (χ1v) is 6.08. The molecule has 0 aromatic rings. The second kappa shape index (κ2) is 3.06. The summed E-state index contributed by atoms with van der Waals surface area (Å²) in [6, 6.07) is -0.385. The number of hydrogen-bond donors (Lipinski definition) is 1. The molecule has 2 atom stereocenters. The van der Waals surface area contributed by atoms with Crippen LogP contribution in [0.5, 0.6) is 0 Å². The molecule has 0 radical (unpaired) electrons. The van der Waals surface area contributed by atoms with Crippen LogP contribution in [-0.4, -0.2) is 48.8 Å². The number of carbonyl (C=O) groups is 1. The van der Waals surface area contributed by atoms with E-state index in [1.54, 1.807) is 0 Å². The molecule has 2 heterocycles. The predicted molar refractivity (Wildman–Crippen MR) is 49.1 cm³/mol. The van der Waals surface area contributed by atoms with E-state index in [9.17, 15) is 18.3 Å². The standard InChI is InChI=1S/C8H11NO4S/c10-7-3-8(11)9(4-7)6-1-2-14(12,13)5-6/h1-2,6-7,10H,3-5H2. The molecule has 6 heteroatoms. The van der Waals surface area contributed by atoms with Crippen molar-refractivity contribution < 1.29 is 18.3 Å². The van der Waals surface area contributed by atoms with Crippen molar-refractivity contribution in [2.75, 3.05) is 12.3 Å². The lowest BCUT2D eigenvalue weighted by Crippen LogP contribution is -2.37. The molecule has 2 unspecified atom stereocenters. The zero-order chi connectivity index (χ0) is 10.3. The molecule has 2 aliphatic rings. The van der Waals surface area contributed by atoms with Crippen molar-refractivity contribution in [3.8, 4) is 0 Å². The first-order valence-electron chi connectivity index (χ1n) is 4.36. The molecular formula is C8H11NO4S. The van der Waals surface area contributed by atoms with Crippen molar-refractivity contribution in [1.29, 1.82) is 0 Å². The van der Waals surface area contributed by atoms with Crippen LogP contribution in [0.25, 0.3) is 0 Å². The summed E-state index contributed by atoms with van der Waals surface area (Å²) in [6.07, 6.45) is 0.953. The number of nitrogens with zero attached hydrogens (tertiary/aromatic N) is 1. The molecule has 0 aromatic carbocycles. The fraction of sp³-hybridized carbons (Fsp3) is 0.625. The Kier molecular flexibility index (Phi) is 2.11. The predicted octanol–water partition coefficient (Wildman–Crippen LogP) is -1.11. The highest BCUT2D eigenvalue weighted by molar-refractivity contribution is 7.94. The van der Waals surface area contributed by atoms with E-state index in [0.717, 1.165) is 5.41 Å². The molecule has 0 saturated carbocycles. The van der Waals surface area contributed by atoms with Gasteiger partial charge in [0.1, 0.15) is 0 Å². The molecule has 1 saturated heterocycles. The minimum absolute atomic E-state index is 0.0501. The largest absolute Gasteiger partial charge is 0.391 e. The van der Waals surface area contributed by atoms with E-state index in [2.05, 4.69) is 0 Å². The number of carbonyl (C=O) groups excluding carboxylic acids is 1. The zero-order valence-electron chi connectivity index (χ0n) is 7.46. The van der Waals surface area contributed by atoms with Gasteiger partial charge < -0.3 is 10.0 Å². The topological polar surface area (TPSA) is 74.7 Å². The van der Waals surface area contributed by atoms with E-state index < -0.39 is 15.9 Å². The smallest absolute Gasteiger partial charge is 0.225 e. The van der Waals surface area contributed by atoms with Crippen molar-refractivity contribution in [2.24, 2.45) is 0 Å². The summed E-state index contributed by atoms with van der Waals surface area (Å²) in [6.45, 7) is 0.239. The normalized spacial score (nSPS) is 35.5. The third kappa shape index (κ3) is 1.67. The maximum Gasteiger partial charge on any atom is 0.225 e. The second-order valence-electron chi connectivity index (χ2n) is 3.63. The number of hydrogen-bond acceptors (Lipinski definition) is 4. The summed E-state index contributed by atoms with van der Waals surface area (Å²) in [5.74, 6) is -0.227. The fourth-order valence-corrected chi connectivity index (χ4v) is 3.08. The molecule has 1 N–H and O–H groups in total. The Balaban J connectivity index is 2.12. The number of rotatable bonds is 1. The molecule has 2 rings (SSSR count). The molecule has 0 aliphatic carbocycles. The van der Waals surface area contributed by atoms with Crippen LogP contribution in [-0.2, 0) is 14.6 Å². The van der Waals surface area contributed by atoms with Gasteiger partial charge in [0.2, 0.25) is 5.91 Å². The van der Waals surface area contributed by atoms with Crippen LogP contribution in [0, 0.1) is 0 Å². The Labute approximate surface area is 81.9 Å². The van der Waals surface area contributed by atoms with Gasteiger partial charge in [-0.3, -0.25) is 4.79 Å². The van der Waals surface area contributed by atoms with E-state index in [1.807, 2.05) is 0 Å². The van der Waals surface area contributed by atoms with E-state index in [-0.39, 0.29) is 30.7 Å². The van der Waals surface area contributed by atoms with Crippen LogP contribution in [0.3, 0.4) is 0 Å². The van der Waals surface area contributed by atoms with E-state index >= 15 is 0 Å². The van der Waals surface area contributed by atoms with Gasteiger partial charge in [-0.15, -0.1) is 0 Å². The minimum Gasteiger partial charge on any atom is -0.391 e. The third-order valence-electron chi connectivity index (χ3n) is 2.45. The van der Waals surface area contributed by atoms with Gasteiger partial charge in [0.25, 0.3) is 0 Å². The van der Waals surface area contributed by atoms with Gasteiger partial charge in [-0.2, -0.15) is 0 Å². The van der Waals surface area contributed by atoms with Gasteiger partial charge in [-0.25, -0.2) is 8.42 Å². The van der Waals surface area contributed by atoms with Gasteiger partial charge in [0.05, 0.1) is 24.3 Å². The van der Waals surface area contributed by atoms with Crippen molar-refractivity contribution in [2.45, 2.75) is 18.6 Å². The molecular weight excluding hydrogens is 206 g/mol. The highest BCUT2D eigenvalue weighted by Gasteiger charge is 2.36. The third-order valence-corrected chi connectivity index (χ3v) is 3.83. The van der Waals surface area contributed by atoms with Crippen LogP contribution < -0.4 is 0 Å². The van der Waals surface area contributed by atoms with Gasteiger partial charge in [-0.05, 0) is 6.08 Å². The Morgan fingerprint density at radius 2 is 2.21 bits per heavy atom. The van der Waals surface area contributed by atoms with Gasteiger partial charge >= 0.3 is 0 Å². The van der Waals surface area contributed by atoms with Crippen molar-refractivity contribution in [3.05, 3.63) is 11.5 Å². The average molecular weight is 217 g/mol. The van der Waals surface area contributed by atoms with Gasteiger partial charge in [0, 0.05) is 12.0 Å². The monoisotopic (exact) mass is 217 g/mol. The van der Waals surface area contributed by atoms with E-state index in [1.165, 1.54) is 11.0 Å². The lowest BCUT2D eigenvalue weighted by Gasteiger charge is -2.21. The number of likely N-dealkylation sites (tertiary alicyclic amines) is 1. The molecule has 2 aliphatic heterocycles. The molecule has 78 valence electrons. The van der Waals surface area contributed by atoms with Crippen LogP contribution in [0.2, 0.25) is 0 Å². The van der Waals surface area contributed by atoms with Crippen molar-refractivity contribution >= 4 is 15.7 Å². The Bertz CT molecular complexity index is 386. The van der Waals surface area contributed by atoms with E-state index in [0.29, 0.717) is 0 Å². The molecule has 1 fully saturated rings. The number of aliphatic hydroxyl groups excluding tert-OH is 1. The molecule has 0 bridgehead atoms. The van der Waals surface area contributed by atoms with Crippen molar-refractivity contribution in [1.82, 2.24) is 4.90 Å². The lowest BCUT2D eigenvalue weighted by atomic mass is 10.3. The van der Waals surface area contributed by atoms with Crippen LogP contribution in [0.4, 0.5) is 0 Å². The van der Waals surface area contributed by atoms with Crippen LogP contribution >= 0.6 is 0 Å². The highest BCUT2D eigenvalue weighted by Crippen LogP contribution is 2.20. The molecule has 1 amide bonds. The molecule has 0 aromatic heterocycles. The average Bonchev–Trinajstić information content (AvgIpc) is 2.55. The zero-order valence-corrected chi connectivity index (χ0v) is 8.27. The summed E-state index contributed by atoms with van der Waals surface area (Å²) in [7, 11) is -3.13. The second-order valence-corrected chi connectivity index (χ2v) is 5.56. The van der Waals surface area contributed by atoms with Crippen molar-refractivity contribution in [3.63, 3.8) is 0 Å². The Morgan fingerprint density at radius 3 is 2.64 bits per heavy atom. The number of β-amino-alcohol motifs (C(OH)–C–C–N with tert-alkyl or cyclic N) is 1. The van der Waals surface area contributed by atoms with E-state index in [4.69, 9.17) is 0 Å². The molecule has 0 spiro atoms. The number of aliphatic hydroxyl groups is 1. The Hall–Kier alpha value is -0.880. The maximum atomic E-state index is 11.3. The van der Waals surface area contributed by atoms with Gasteiger partial charge in [-0.1, -0.05) is 0 Å². The number of amides is 1. The Morgan fingerprint density at radius 1 is 1.50 bits per heavy atom. The van der Waals surface area contributed by atoms with Gasteiger partial charge in [0.15, 0.2) is 9.84 Å². The summed E-state index contributed by atoms with van der Waals surface area (Å²) >= 11 is 0. The maximum absolute atomic E-state index is 11.3. The van der Waals surface area contributed by atoms with Crippen LogP contribution in [0.15, 0.2) is 11.5 Å². The number of sulfone groups is 1. The summed E-state index contributed by atoms with van der Waals surface area (Å²) in [5, 5.41) is 10.4. The summed E-state index contributed by atoms with van der Waals surface area (Å²) in [4.78, 5) is 12.7. The molecule has 5 nitrogen and oxygen atoms in total. The first-order chi connectivity index (χ1) is 6.48. The first kappa shape index (κ1) is 9.67. The van der Waals surface area contributed by atoms with Crippen LogP contribution in [0.1, 0.15) is 6.42 Å². The summed E-state index contributed by atoms with van der Waals surface area (Å²) < 4.78 is 22.2. The lowest BCUT2D eigenvalue weighted by molar-refractivity contribution is -0.128. The minimum atomic E-state index is -3.13. The quantitative estimate of drug-likeness (QED) is 0.604. The highest BCUT2D eigenvalue weighted by atomic mass is 32.2. The molecule has 14 heavy (non-hydrogen) atoms.